The summed E-state index contributed by atoms with van der Waals surface area (Å²) in [6, 6.07) is 18.8. The minimum atomic E-state index is -1.66. The Hall–Kier alpha value is -3.58. The van der Waals surface area contributed by atoms with Crippen LogP contribution in [0.15, 0.2) is 72.8 Å². The smallest absolute Gasteiger partial charge is 0.194 e. The number of hydrogen-bond donors (Lipinski definition) is 0. The van der Waals surface area contributed by atoms with E-state index in [1.54, 1.807) is 24.3 Å². The molecule has 0 spiro atoms. The first kappa shape index (κ1) is 37.2. The summed E-state index contributed by atoms with van der Waals surface area (Å²) >= 11 is 0. The maximum atomic E-state index is 15.6. The van der Waals surface area contributed by atoms with Gasteiger partial charge in [-0.2, -0.15) is 0 Å². The molecule has 2 aliphatic carbocycles. The third-order valence-electron chi connectivity index (χ3n) is 11.5. The fourth-order valence-electron chi connectivity index (χ4n) is 8.56. The van der Waals surface area contributed by atoms with Crippen LogP contribution in [0.1, 0.15) is 148 Å². The zero-order valence-electron chi connectivity index (χ0n) is 29.6. The molecule has 0 N–H and O–H groups in total. The van der Waals surface area contributed by atoms with Gasteiger partial charge in [-0.1, -0.05) is 100 Å². The predicted octanol–water partition coefficient (Wildman–Crippen LogP) is 13.6. The topological polar surface area (TPSA) is 9.23 Å². The van der Waals surface area contributed by atoms with Crippen LogP contribution in [0.3, 0.4) is 0 Å². The molecule has 0 aromatic heterocycles. The van der Waals surface area contributed by atoms with Gasteiger partial charge in [0.05, 0.1) is 0 Å². The minimum absolute atomic E-state index is 0.296. The second-order valence-electron chi connectivity index (χ2n) is 14.8. The molecule has 2 fully saturated rings. The average Bonchev–Trinajstić information content (AvgIpc) is 3.15. The first-order valence-electron chi connectivity index (χ1n) is 18.8. The van der Waals surface area contributed by atoms with Gasteiger partial charge >= 0.3 is 0 Å². The van der Waals surface area contributed by atoms with Crippen molar-refractivity contribution in [2.24, 2.45) is 11.8 Å². The molecule has 2 unspecified atom stereocenters. The van der Waals surface area contributed by atoms with Gasteiger partial charge in [-0.3, -0.25) is 0 Å². The van der Waals surface area contributed by atoms with Crippen LogP contribution in [0.5, 0.6) is 0 Å². The predicted molar refractivity (Wildman–Crippen MR) is 190 cm³/mol. The lowest BCUT2D eigenvalue weighted by molar-refractivity contribution is 0.0261. The van der Waals surface area contributed by atoms with E-state index in [1.807, 2.05) is 24.3 Å². The largest absolute Gasteiger partial charge is 0.356 e. The summed E-state index contributed by atoms with van der Waals surface area (Å²) in [6.45, 7) is 4.42. The molecular weight excluding hydrogens is 658 g/mol. The summed E-state index contributed by atoms with van der Waals surface area (Å²) in [6.07, 6.45) is 11.0. The molecule has 0 heterocycles. The summed E-state index contributed by atoms with van der Waals surface area (Å²) in [5.41, 5.74) is 2.51. The Kier molecular flexibility index (Phi) is 12.3. The molecule has 2 aliphatic rings. The van der Waals surface area contributed by atoms with Gasteiger partial charge in [0.25, 0.3) is 0 Å². The van der Waals surface area contributed by atoms with Crippen LogP contribution >= 0.6 is 0 Å². The van der Waals surface area contributed by atoms with Crippen LogP contribution in [0, 0.1) is 46.7 Å². The number of hydrogen-bond acceptors (Lipinski definition) is 1. The fraction of sp³-hybridized carbons (Fsp3) is 0.455. The zero-order chi connectivity index (χ0) is 36.1. The average molecular weight is 707 g/mol. The Morgan fingerprint density at radius 1 is 0.471 bits per heavy atom. The Morgan fingerprint density at radius 3 is 1.16 bits per heavy atom. The van der Waals surface area contributed by atoms with E-state index < -0.39 is 47.1 Å². The monoisotopic (exact) mass is 706 g/mol. The van der Waals surface area contributed by atoms with E-state index in [0.717, 1.165) is 98.6 Å². The first-order valence-corrected chi connectivity index (χ1v) is 18.8. The number of benzene rings is 4. The van der Waals surface area contributed by atoms with Crippen LogP contribution in [-0.4, -0.2) is 0 Å². The van der Waals surface area contributed by atoms with E-state index >= 15 is 8.78 Å². The molecule has 272 valence electrons. The number of halogens is 6. The van der Waals surface area contributed by atoms with E-state index in [4.69, 9.17) is 4.74 Å². The Labute approximate surface area is 298 Å². The minimum Gasteiger partial charge on any atom is -0.356 e. The van der Waals surface area contributed by atoms with Crippen LogP contribution in [0.25, 0.3) is 0 Å². The van der Waals surface area contributed by atoms with Crippen molar-refractivity contribution >= 4 is 0 Å². The molecule has 0 amide bonds. The molecule has 7 heteroatoms. The third kappa shape index (κ3) is 8.40. The highest BCUT2D eigenvalue weighted by Crippen LogP contribution is 2.43. The fourth-order valence-corrected chi connectivity index (χ4v) is 8.56. The highest BCUT2D eigenvalue weighted by Gasteiger charge is 2.31. The number of ether oxygens (including phenoxy) is 1. The molecule has 4 aromatic rings. The maximum Gasteiger partial charge on any atom is 0.194 e. The highest BCUT2D eigenvalue weighted by molar-refractivity contribution is 5.38. The van der Waals surface area contributed by atoms with E-state index in [1.165, 1.54) is 25.7 Å². The van der Waals surface area contributed by atoms with E-state index in [9.17, 15) is 17.6 Å². The van der Waals surface area contributed by atoms with Gasteiger partial charge in [-0.05, 0) is 109 Å². The van der Waals surface area contributed by atoms with Crippen LogP contribution in [0.2, 0.25) is 0 Å². The van der Waals surface area contributed by atoms with Crippen molar-refractivity contribution < 1.29 is 31.1 Å². The quantitative estimate of drug-likeness (QED) is 0.105. The second-order valence-corrected chi connectivity index (χ2v) is 14.8. The van der Waals surface area contributed by atoms with Crippen molar-refractivity contribution in [1.29, 1.82) is 0 Å². The van der Waals surface area contributed by atoms with E-state index in [2.05, 4.69) is 13.8 Å². The summed E-state index contributed by atoms with van der Waals surface area (Å²) in [5.74, 6) is -6.67. The molecule has 0 bridgehead atoms. The molecule has 51 heavy (non-hydrogen) atoms. The number of rotatable bonds is 12. The maximum absolute atomic E-state index is 15.6. The van der Waals surface area contributed by atoms with Gasteiger partial charge in [0.15, 0.2) is 34.9 Å². The van der Waals surface area contributed by atoms with E-state index in [-0.39, 0.29) is 11.1 Å². The highest BCUT2D eigenvalue weighted by atomic mass is 19.2. The zero-order valence-corrected chi connectivity index (χ0v) is 29.6. The lowest BCUT2D eigenvalue weighted by atomic mass is 9.77. The Morgan fingerprint density at radius 2 is 0.824 bits per heavy atom. The summed E-state index contributed by atoms with van der Waals surface area (Å²) < 4.78 is 95.5. The van der Waals surface area contributed by atoms with Gasteiger partial charge in [0.2, 0.25) is 0 Å². The normalized spacial score (nSPS) is 22.1. The van der Waals surface area contributed by atoms with Crippen molar-refractivity contribution in [2.75, 3.05) is 0 Å². The molecule has 0 saturated heterocycles. The van der Waals surface area contributed by atoms with Crippen LogP contribution in [0.4, 0.5) is 26.3 Å². The summed E-state index contributed by atoms with van der Waals surface area (Å²) in [4.78, 5) is 0. The molecule has 4 aromatic carbocycles. The van der Waals surface area contributed by atoms with Crippen molar-refractivity contribution in [3.8, 4) is 0 Å². The third-order valence-corrected chi connectivity index (χ3v) is 11.5. The van der Waals surface area contributed by atoms with Crippen molar-refractivity contribution in [3.05, 3.63) is 141 Å². The molecular formula is C44H48F6O. The van der Waals surface area contributed by atoms with Gasteiger partial charge in [-0.15, -0.1) is 0 Å². The summed E-state index contributed by atoms with van der Waals surface area (Å²) in [5, 5.41) is 0. The first-order chi connectivity index (χ1) is 24.7. The summed E-state index contributed by atoms with van der Waals surface area (Å²) in [7, 11) is 0. The van der Waals surface area contributed by atoms with Gasteiger partial charge in [0, 0.05) is 11.1 Å². The lowest BCUT2D eigenvalue weighted by Crippen LogP contribution is -2.18. The van der Waals surface area contributed by atoms with Crippen molar-refractivity contribution in [2.45, 2.75) is 115 Å². The van der Waals surface area contributed by atoms with Crippen molar-refractivity contribution in [1.82, 2.24) is 0 Å². The van der Waals surface area contributed by atoms with Gasteiger partial charge in [0.1, 0.15) is 12.2 Å². The van der Waals surface area contributed by atoms with Gasteiger partial charge < -0.3 is 4.74 Å². The van der Waals surface area contributed by atoms with Gasteiger partial charge in [-0.25, -0.2) is 26.3 Å². The molecule has 2 saturated carbocycles. The van der Waals surface area contributed by atoms with Crippen LogP contribution in [-0.2, 0) is 4.74 Å². The molecule has 0 aliphatic heterocycles. The molecule has 6 rings (SSSR count). The van der Waals surface area contributed by atoms with Crippen LogP contribution < -0.4 is 0 Å². The van der Waals surface area contributed by atoms with Crippen molar-refractivity contribution in [3.63, 3.8) is 0 Å². The SMILES string of the molecule is CCCC1CCC(c2ccc(C(OC(c3ccc(C4CCC(CCC)CC4)cc3)c3ccc(F)c(F)c3F)c3ccc(F)c(F)c3F)cc2)CC1. The standard InChI is InChI=1S/C44H48F6O/c1-3-5-27-7-11-29(12-8-27)31-15-19-33(20-16-31)43(35-23-25-37(45)41(49)39(35)47)51-44(36-24-26-38(46)42(50)40(36)48)34-21-17-32(18-22-34)30-13-9-28(6-4-2)10-14-30/h15-30,43-44H,3-14H2,1-2H3. The molecule has 1 nitrogen and oxygen atoms in total. The molecule has 2 atom stereocenters. The Bertz CT molecular complexity index is 1610. The lowest BCUT2D eigenvalue weighted by Gasteiger charge is -2.30. The van der Waals surface area contributed by atoms with E-state index in [0.29, 0.717) is 23.0 Å². The molecule has 0 radical (unpaired) electrons. The Balaban J connectivity index is 1.35. The second kappa shape index (κ2) is 16.8.